The first-order valence-electron chi connectivity index (χ1n) is 3.85. The molecule has 3 nitrogen and oxygen atoms in total. The second-order valence-electron chi connectivity index (χ2n) is 2.11. The van der Waals surface area contributed by atoms with Crippen LogP contribution >= 0.6 is 23.2 Å². The molecule has 0 unspecified atom stereocenters. The third kappa shape index (κ3) is 18.6. The molecule has 0 saturated carbocycles. The highest BCUT2D eigenvalue weighted by Crippen LogP contribution is 1.92. The maximum absolute atomic E-state index is 10.6. The average Bonchev–Trinajstić information content (AvgIpc) is 2.03. The summed E-state index contributed by atoms with van der Waals surface area (Å²) in [5.41, 5.74) is 0. The summed E-state index contributed by atoms with van der Waals surface area (Å²) in [6.45, 7) is 3.58. The van der Waals surface area contributed by atoms with E-state index in [9.17, 15) is 9.59 Å². The zero-order valence-corrected chi connectivity index (χ0v) is 9.32. The molecule has 0 radical (unpaired) electrons. The highest BCUT2D eigenvalue weighted by Gasteiger charge is 2.02. The van der Waals surface area contributed by atoms with E-state index < -0.39 is 0 Å². The van der Waals surface area contributed by atoms with Gasteiger partial charge in [0.15, 0.2) is 0 Å². The first-order valence-corrected chi connectivity index (χ1v) is 4.92. The third-order valence-electron chi connectivity index (χ3n) is 0.987. The predicted molar refractivity (Wildman–Crippen MR) is 53.1 cm³/mol. The predicted octanol–water partition coefficient (Wildman–Crippen LogP) is 2.34. The number of Topliss-reactive ketones (excluding diaryl/α,β-unsaturated/α-hetero) is 1. The van der Waals surface area contributed by atoms with Crippen LogP contribution in [0.2, 0.25) is 0 Å². The lowest BCUT2D eigenvalue weighted by Gasteiger charge is -1.97. The van der Waals surface area contributed by atoms with Gasteiger partial charge in [0.2, 0.25) is 0 Å². The molecule has 0 atom stereocenters. The van der Waals surface area contributed by atoms with Crippen molar-refractivity contribution in [3.05, 3.63) is 0 Å². The van der Waals surface area contributed by atoms with Gasteiger partial charge in [-0.15, -0.1) is 23.2 Å². The number of halogens is 2. The first kappa shape index (κ1) is 15.2. The molecule has 5 heteroatoms. The normalized spacial score (nSPS) is 8.31. The summed E-state index contributed by atoms with van der Waals surface area (Å²) in [5, 5.41) is 0.194. The Kier molecular flexibility index (Phi) is 13.7. The minimum Gasteiger partial charge on any atom is -0.466 e. The highest BCUT2D eigenvalue weighted by molar-refractivity contribution is 6.40. The average molecular weight is 229 g/mol. The number of alkyl halides is 2. The minimum atomic E-state index is -0.294. The van der Waals surface area contributed by atoms with Crippen LogP contribution in [-0.2, 0) is 14.3 Å². The molecule has 0 rings (SSSR count). The number of carbonyl (C=O) groups is 2. The summed E-state index contributed by atoms with van der Waals surface area (Å²) in [7, 11) is 0. The fourth-order valence-electron chi connectivity index (χ4n) is 0.511. The SMILES string of the molecule is CCOC(=O)CCC(C)=O.ClCCl. The van der Waals surface area contributed by atoms with Gasteiger partial charge >= 0.3 is 5.97 Å². The second kappa shape index (κ2) is 11.7. The lowest BCUT2D eigenvalue weighted by atomic mass is 10.2. The molecule has 0 saturated heterocycles. The standard InChI is InChI=1S/C7H12O3.CH2Cl2/c1-3-10-7(9)5-4-6(2)8;2-1-3/h3-5H2,1-2H3;1H2. The Morgan fingerprint density at radius 2 is 1.69 bits per heavy atom. The topological polar surface area (TPSA) is 43.4 Å². The summed E-state index contributed by atoms with van der Waals surface area (Å²) in [6.07, 6.45) is 0.502. The number of rotatable bonds is 4. The minimum absolute atomic E-state index is 0.0213. The van der Waals surface area contributed by atoms with E-state index in [1.807, 2.05) is 0 Å². The maximum atomic E-state index is 10.6. The van der Waals surface area contributed by atoms with Gasteiger partial charge in [-0.25, -0.2) is 0 Å². The van der Waals surface area contributed by atoms with Crippen LogP contribution in [-0.4, -0.2) is 23.7 Å². The quantitative estimate of drug-likeness (QED) is 0.548. The molecule has 0 heterocycles. The Morgan fingerprint density at radius 1 is 1.23 bits per heavy atom. The fourth-order valence-corrected chi connectivity index (χ4v) is 0.511. The van der Waals surface area contributed by atoms with Gasteiger partial charge in [0.1, 0.15) is 5.78 Å². The molecule has 0 aromatic carbocycles. The van der Waals surface area contributed by atoms with Crippen molar-refractivity contribution >= 4 is 35.0 Å². The van der Waals surface area contributed by atoms with Gasteiger partial charge in [-0.3, -0.25) is 4.79 Å². The summed E-state index contributed by atoms with van der Waals surface area (Å²) >= 11 is 9.53. The Hall–Kier alpha value is -0.280. The van der Waals surface area contributed by atoms with E-state index in [4.69, 9.17) is 23.2 Å². The smallest absolute Gasteiger partial charge is 0.306 e. The number of carbonyl (C=O) groups excluding carboxylic acids is 2. The molecule has 0 aromatic heterocycles. The number of hydrogen-bond donors (Lipinski definition) is 0. The monoisotopic (exact) mass is 228 g/mol. The third-order valence-corrected chi connectivity index (χ3v) is 0.987. The largest absolute Gasteiger partial charge is 0.466 e. The van der Waals surface area contributed by atoms with Crippen LogP contribution in [0.5, 0.6) is 0 Å². The van der Waals surface area contributed by atoms with Crippen molar-refractivity contribution in [1.82, 2.24) is 0 Å². The number of ketones is 1. The van der Waals surface area contributed by atoms with Crippen molar-refractivity contribution in [3.63, 3.8) is 0 Å². The molecule has 0 bridgehead atoms. The van der Waals surface area contributed by atoms with Crippen LogP contribution in [0.3, 0.4) is 0 Å². The van der Waals surface area contributed by atoms with Crippen molar-refractivity contribution < 1.29 is 14.3 Å². The van der Waals surface area contributed by atoms with Crippen LogP contribution in [0.4, 0.5) is 0 Å². The van der Waals surface area contributed by atoms with Crippen LogP contribution in [0, 0.1) is 0 Å². The van der Waals surface area contributed by atoms with Crippen molar-refractivity contribution in [2.75, 3.05) is 11.9 Å². The molecule has 0 aliphatic rings. The van der Waals surface area contributed by atoms with Gasteiger partial charge in [0.05, 0.1) is 18.4 Å². The van der Waals surface area contributed by atoms with E-state index in [1.54, 1.807) is 6.92 Å². The number of ether oxygens (including phenoxy) is 1. The summed E-state index contributed by atoms with van der Waals surface area (Å²) in [5.74, 6) is -0.272. The molecule has 0 aliphatic carbocycles. The number of esters is 1. The van der Waals surface area contributed by atoms with Crippen molar-refractivity contribution in [2.45, 2.75) is 26.7 Å². The lowest BCUT2D eigenvalue weighted by molar-refractivity contribution is -0.144. The molecular formula is C8H14Cl2O3. The summed E-state index contributed by atoms with van der Waals surface area (Å²) in [4.78, 5) is 20.9. The molecule has 0 N–H and O–H groups in total. The van der Waals surface area contributed by atoms with Crippen LogP contribution in [0.15, 0.2) is 0 Å². The fraction of sp³-hybridized carbons (Fsp3) is 0.750. The van der Waals surface area contributed by atoms with E-state index in [2.05, 4.69) is 4.74 Å². The van der Waals surface area contributed by atoms with Crippen LogP contribution < -0.4 is 0 Å². The molecular weight excluding hydrogens is 215 g/mol. The van der Waals surface area contributed by atoms with Gasteiger partial charge < -0.3 is 9.53 Å². The van der Waals surface area contributed by atoms with E-state index in [0.717, 1.165) is 0 Å². The van der Waals surface area contributed by atoms with Crippen LogP contribution in [0.25, 0.3) is 0 Å². The Bertz CT molecular complexity index is 148. The molecule has 0 spiro atoms. The van der Waals surface area contributed by atoms with Crippen molar-refractivity contribution in [2.24, 2.45) is 0 Å². The van der Waals surface area contributed by atoms with Gasteiger partial charge in [0.25, 0.3) is 0 Å². The van der Waals surface area contributed by atoms with E-state index >= 15 is 0 Å². The van der Waals surface area contributed by atoms with E-state index in [0.29, 0.717) is 13.0 Å². The molecule has 0 amide bonds. The van der Waals surface area contributed by atoms with E-state index in [-0.39, 0.29) is 23.5 Å². The molecule has 78 valence electrons. The second-order valence-corrected chi connectivity index (χ2v) is 2.92. The zero-order valence-electron chi connectivity index (χ0n) is 7.81. The molecule has 0 fully saturated rings. The molecule has 0 aromatic rings. The van der Waals surface area contributed by atoms with Crippen molar-refractivity contribution in [1.29, 1.82) is 0 Å². The van der Waals surface area contributed by atoms with Gasteiger partial charge in [-0.1, -0.05) is 0 Å². The van der Waals surface area contributed by atoms with Crippen LogP contribution in [0.1, 0.15) is 26.7 Å². The highest BCUT2D eigenvalue weighted by atomic mass is 35.5. The lowest BCUT2D eigenvalue weighted by Crippen LogP contribution is -2.05. The number of hydrogen-bond acceptors (Lipinski definition) is 3. The Balaban J connectivity index is 0. The van der Waals surface area contributed by atoms with Crippen molar-refractivity contribution in [3.8, 4) is 0 Å². The maximum Gasteiger partial charge on any atom is 0.306 e. The zero-order chi connectivity index (χ0) is 10.7. The molecule has 0 aliphatic heterocycles. The summed E-state index contributed by atoms with van der Waals surface area (Å²) < 4.78 is 4.60. The first-order chi connectivity index (χ1) is 6.08. The van der Waals surface area contributed by atoms with Gasteiger partial charge in [-0.2, -0.15) is 0 Å². The Morgan fingerprint density at radius 3 is 2.00 bits per heavy atom. The van der Waals surface area contributed by atoms with Gasteiger partial charge in [-0.05, 0) is 13.8 Å². The van der Waals surface area contributed by atoms with Gasteiger partial charge in [0, 0.05) is 6.42 Å². The van der Waals surface area contributed by atoms with E-state index in [1.165, 1.54) is 6.92 Å². The Labute approximate surface area is 88.3 Å². The summed E-state index contributed by atoms with van der Waals surface area (Å²) in [6, 6.07) is 0. The molecule has 13 heavy (non-hydrogen) atoms.